The van der Waals surface area contributed by atoms with Gasteiger partial charge in [-0.3, -0.25) is 4.98 Å². The Hall–Kier alpha value is -2.55. The van der Waals surface area contributed by atoms with Crippen molar-refractivity contribution in [3.8, 4) is 22.4 Å². The second-order valence-electron chi connectivity index (χ2n) is 5.83. The Labute approximate surface area is 134 Å². The second kappa shape index (κ2) is 5.92. The highest BCUT2D eigenvalue weighted by Gasteiger charge is 2.11. The van der Waals surface area contributed by atoms with Crippen molar-refractivity contribution in [1.29, 1.82) is 0 Å². The number of aryl methyl sites for hydroxylation is 3. The van der Waals surface area contributed by atoms with E-state index >= 15 is 0 Å². The summed E-state index contributed by atoms with van der Waals surface area (Å²) >= 11 is 0. The Morgan fingerprint density at radius 3 is 2.17 bits per heavy atom. The molecule has 0 fully saturated rings. The minimum Gasteiger partial charge on any atom is -0.256 e. The molecule has 0 radical (unpaired) electrons. The molecule has 0 aliphatic carbocycles. The first kappa shape index (κ1) is 15.3. The topological polar surface area (TPSA) is 12.9 Å². The lowest BCUT2D eigenvalue weighted by Gasteiger charge is -2.13. The molecule has 0 bridgehead atoms. The largest absolute Gasteiger partial charge is 0.256 e. The first-order valence-electron chi connectivity index (χ1n) is 7.45. The third kappa shape index (κ3) is 3.00. The van der Waals surface area contributed by atoms with E-state index in [1.165, 1.54) is 28.8 Å². The average Bonchev–Trinajstić information content (AvgIpc) is 2.46. The molecule has 0 unspecified atom stereocenters. The molecule has 0 saturated heterocycles. The predicted octanol–water partition coefficient (Wildman–Crippen LogP) is 5.62. The van der Waals surface area contributed by atoms with Crippen molar-refractivity contribution < 1.29 is 8.78 Å². The van der Waals surface area contributed by atoms with Gasteiger partial charge >= 0.3 is 0 Å². The summed E-state index contributed by atoms with van der Waals surface area (Å²) in [7, 11) is 0. The van der Waals surface area contributed by atoms with Crippen molar-refractivity contribution in [2.45, 2.75) is 20.8 Å². The molecule has 116 valence electrons. The van der Waals surface area contributed by atoms with Crippen LogP contribution in [0, 0.1) is 32.4 Å². The van der Waals surface area contributed by atoms with E-state index in [4.69, 9.17) is 0 Å². The molecule has 3 aromatic rings. The van der Waals surface area contributed by atoms with Crippen molar-refractivity contribution in [3.63, 3.8) is 0 Å². The fourth-order valence-corrected chi connectivity index (χ4v) is 3.07. The van der Waals surface area contributed by atoms with Gasteiger partial charge in [0.1, 0.15) is 11.6 Å². The van der Waals surface area contributed by atoms with Crippen LogP contribution in [0.2, 0.25) is 0 Å². The van der Waals surface area contributed by atoms with Crippen molar-refractivity contribution >= 4 is 0 Å². The fourth-order valence-electron chi connectivity index (χ4n) is 3.07. The molecule has 0 aliphatic heterocycles. The van der Waals surface area contributed by atoms with Crippen LogP contribution >= 0.6 is 0 Å². The highest BCUT2D eigenvalue weighted by Crippen LogP contribution is 2.31. The maximum atomic E-state index is 14.0. The monoisotopic (exact) mass is 309 g/mol. The van der Waals surface area contributed by atoms with Gasteiger partial charge in [-0.1, -0.05) is 17.7 Å². The summed E-state index contributed by atoms with van der Waals surface area (Å²) < 4.78 is 27.1. The zero-order chi connectivity index (χ0) is 16.6. The quantitative estimate of drug-likeness (QED) is 0.599. The Kier molecular flexibility index (Phi) is 3.95. The lowest BCUT2D eigenvalue weighted by Crippen LogP contribution is -1.93. The SMILES string of the molecule is Cc1cc(C)c(-c2ccnc(-c3ccc(F)cc3F)c2)c(C)c1. The molecule has 1 heterocycles. The van der Waals surface area contributed by atoms with Crippen molar-refractivity contribution in [2.75, 3.05) is 0 Å². The fraction of sp³-hybridized carbons (Fsp3) is 0.150. The van der Waals surface area contributed by atoms with Gasteiger partial charge in [0.05, 0.1) is 5.69 Å². The van der Waals surface area contributed by atoms with Crippen molar-refractivity contribution in [1.82, 2.24) is 4.98 Å². The highest BCUT2D eigenvalue weighted by atomic mass is 19.1. The molecule has 3 heteroatoms. The van der Waals surface area contributed by atoms with Gasteiger partial charge in [-0.25, -0.2) is 8.78 Å². The summed E-state index contributed by atoms with van der Waals surface area (Å²) in [6.45, 7) is 6.19. The van der Waals surface area contributed by atoms with Gasteiger partial charge in [0, 0.05) is 17.8 Å². The van der Waals surface area contributed by atoms with Gasteiger partial charge in [0.15, 0.2) is 0 Å². The summed E-state index contributed by atoms with van der Waals surface area (Å²) in [6.07, 6.45) is 1.66. The first-order chi connectivity index (χ1) is 11.0. The number of pyridine rings is 1. The second-order valence-corrected chi connectivity index (χ2v) is 5.83. The summed E-state index contributed by atoms with van der Waals surface area (Å²) in [4.78, 5) is 4.24. The first-order valence-corrected chi connectivity index (χ1v) is 7.45. The Bertz CT molecular complexity index is 862. The molecule has 23 heavy (non-hydrogen) atoms. The van der Waals surface area contributed by atoms with Crippen LogP contribution in [0.5, 0.6) is 0 Å². The van der Waals surface area contributed by atoms with Crippen molar-refractivity contribution in [2.24, 2.45) is 0 Å². The van der Waals surface area contributed by atoms with Crippen molar-refractivity contribution in [3.05, 3.63) is 77.0 Å². The molecule has 1 aromatic heterocycles. The van der Waals surface area contributed by atoms with Crippen LogP contribution in [-0.4, -0.2) is 4.98 Å². The smallest absolute Gasteiger partial charge is 0.135 e. The number of halogens is 2. The molecular formula is C20H17F2N. The van der Waals surface area contributed by atoms with Crippen LogP contribution < -0.4 is 0 Å². The number of benzene rings is 2. The summed E-state index contributed by atoms with van der Waals surface area (Å²) in [5, 5.41) is 0. The normalized spacial score (nSPS) is 10.8. The molecule has 1 nitrogen and oxygen atoms in total. The molecular weight excluding hydrogens is 292 g/mol. The zero-order valence-electron chi connectivity index (χ0n) is 13.3. The van der Waals surface area contributed by atoms with Crippen LogP contribution in [0.4, 0.5) is 8.78 Å². The summed E-state index contributed by atoms with van der Waals surface area (Å²) in [5.41, 5.74) is 6.45. The summed E-state index contributed by atoms with van der Waals surface area (Å²) in [5.74, 6) is -1.19. The van der Waals surface area contributed by atoms with Crippen LogP contribution in [0.25, 0.3) is 22.4 Å². The maximum absolute atomic E-state index is 14.0. The molecule has 0 N–H and O–H groups in total. The maximum Gasteiger partial charge on any atom is 0.135 e. The van der Waals surface area contributed by atoms with E-state index in [2.05, 4.69) is 37.9 Å². The molecule has 0 amide bonds. The third-order valence-corrected chi connectivity index (χ3v) is 3.93. The van der Waals surface area contributed by atoms with Gasteiger partial charge in [-0.05, 0) is 67.3 Å². The van der Waals surface area contributed by atoms with Gasteiger partial charge in [0.2, 0.25) is 0 Å². The molecule has 0 saturated carbocycles. The van der Waals surface area contributed by atoms with Gasteiger partial charge in [0.25, 0.3) is 0 Å². The number of nitrogens with zero attached hydrogens (tertiary/aromatic N) is 1. The van der Waals surface area contributed by atoms with Crippen LogP contribution in [0.15, 0.2) is 48.7 Å². The minimum atomic E-state index is -0.605. The lowest BCUT2D eigenvalue weighted by atomic mass is 9.93. The minimum absolute atomic E-state index is 0.302. The zero-order valence-corrected chi connectivity index (χ0v) is 13.3. The average molecular weight is 309 g/mol. The third-order valence-electron chi connectivity index (χ3n) is 3.93. The van der Waals surface area contributed by atoms with Gasteiger partial charge in [-0.15, -0.1) is 0 Å². The Balaban J connectivity index is 2.14. The van der Waals surface area contributed by atoms with E-state index in [1.54, 1.807) is 6.20 Å². The number of hydrogen-bond acceptors (Lipinski definition) is 1. The van der Waals surface area contributed by atoms with E-state index in [0.29, 0.717) is 11.3 Å². The number of aromatic nitrogens is 1. The lowest BCUT2D eigenvalue weighted by molar-refractivity contribution is 0.585. The number of rotatable bonds is 2. The molecule has 0 atom stereocenters. The van der Waals surface area contributed by atoms with Gasteiger partial charge in [-0.2, -0.15) is 0 Å². The van der Waals surface area contributed by atoms with E-state index < -0.39 is 11.6 Å². The van der Waals surface area contributed by atoms with E-state index in [1.807, 2.05) is 12.1 Å². The molecule has 3 rings (SSSR count). The molecule has 0 spiro atoms. The van der Waals surface area contributed by atoms with E-state index in [0.717, 1.165) is 17.2 Å². The molecule has 2 aromatic carbocycles. The van der Waals surface area contributed by atoms with E-state index in [-0.39, 0.29) is 0 Å². The Morgan fingerprint density at radius 2 is 1.52 bits per heavy atom. The van der Waals surface area contributed by atoms with Gasteiger partial charge < -0.3 is 0 Å². The van der Waals surface area contributed by atoms with Crippen LogP contribution in [0.1, 0.15) is 16.7 Å². The highest BCUT2D eigenvalue weighted by molar-refractivity contribution is 5.75. The number of hydrogen-bond donors (Lipinski definition) is 0. The van der Waals surface area contributed by atoms with Crippen LogP contribution in [0.3, 0.4) is 0 Å². The predicted molar refractivity (Wildman–Crippen MR) is 89.2 cm³/mol. The Morgan fingerprint density at radius 1 is 0.826 bits per heavy atom. The van der Waals surface area contributed by atoms with Crippen LogP contribution in [-0.2, 0) is 0 Å². The summed E-state index contributed by atoms with van der Waals surface area (Å²) in [6, 6.07) is 11.6. The molecule has 0 aliphatic rings. The van der Waals surface area contributed by atoms with E-state index in [9.17, 15) is 8.78 Å². The standard InChI is InChI=1S/C20H17F2N/c1-12-8-13(2)20(14(3)9-12)15-6-7-23-19(10-15)17-5-4-16(21)11-18(17)22/h4-11H,1-3H3.